The summed E-state index contributed by atoms with van der Waals surface area (Å²) in [4.78, 5) is 7.70. The Kier molecular flexibility index (Phi) is 4.16. The van der Waals surface area contributed by atoms with Gasteiger partial charge in [-0.25, -0.2) is 4.98 Å². The minimum Gasteiger partial charge on any atom is -0.347 e. The maximum atomic E-state index is 4.44. The van der Waals surface area contributed by atoms with Gasteiger partial charge in [0.15, 0.2) is 0 Å². The van der Waals surface area contributed by atoms with Crippen LogP contribution in [0, 0.1) is 0 Å². The van der Waals surface area contributed by atoms with E-state index in [0.29, 0.717) is 12.0 Å². The minimum absolute atomic E-state index is 0.325. The highest BCUT2D eigenvalue weighted by Crippen LogP contribution is 2.37. The Labute approximate surface area is 120 Å². The highest BCUT2D eigenvalue weighted by atomic mass is 15.0. The molecule has 1 aromatic heterocycles. The number of hydrogen-bond acceptors (Lipinski definition) is 2. The van der Waals surface area contributed by atoms with Crippen molar-refractivity contribution in [2.24, 2.45) is 0 Å². The number of nitrogens with zero attached hydrogens (tertiary/aromatic N) is 1. The summed E-state index contributed by atoms with van der Waals surface area (Å²) in [5.41, 5.74) is 3.09. The highest BCUT2D eigenvalue weighted by molar-refractivity contribution is 5.32. The van der Waals surface area contributed by atoms with Gasteiger partial charge in [-0.05, 0) is 49.3 Å². The molecule has 20 heavy (non-hydrogen) atoms. The van der Waals surface area contributed by atoms with Crippen molar-refractivity contribution in [1.82, 2.24) is 15.3 Å². The number of rotatable bonds is 5. The Bertz CT molecular complexity index is 533. The van der Waals surface area contributed by atoms with Crippen LogP contribution in [0.25, 0.3) is 0 Å². The number of H-pyrrole nitrogens is 1. The maximum Gasteiger partial charge on any atom is 0.123 e. The van der Waals surface area contributed by atoms with Gasteiger partial charge in [-0.3, -0.25) is 0 Å². The SMILES string of the molecule is CCNC(CC1CCCc2ccccc21)c1ncc[nH]1. The van der Waals surface area contributed by atoms with Crippen molar-refractivity contribution in [3.05, 3.63) is 53.6 Å². The molecule has 0 bridgehead atoms. The molecule has 0 saturated carbocycles. The fourth-order valence-electron chi connectivity index (χ4n) is 3.39. The summed E-state index contributed by atoms with van der Waals surface area (Å²) in [5, 5.41) is 3.57. The van der Waals surface area contributed by atoms with Crippen molar-refractivity contribution in [2.75, 3.05) is 6.54 Å². The molecule has 0 saturated heterocycles. The van der Waals surface area contributed by atoms with Crippen LogP contribution in [0.15, 0.2) is 36.7 Å². The number of aryl methyl sites for hydroxylation is 1. The molecular weight excluding hydrogens is 246 g/mol. The van der Waals surface area contributed by atoms with Gasteiger partial charge in [0.2, 0.25) is 0 Å². The summed E-state index contributed by atoms with van der Waals surface area (Å²) >= 11 is 0. The first kappa shape index (κ1) is 13.4. The van der Waals surface area contributed by atoms with Crippen LogP contribution in [-0.2, 0) is 6.42 Å². The standard InChI is InChI=1S/C17H23N3/c1-2-18-16(17-19-10-11-20-17)12-14-8-5-7-13-6-3-4-9-15(13)14/h3-4,6,9-11,14,16,18H,2,5,7-8,12H2,1H3,(H,19,20). The molecule has 3 rings (SSSR count). The van der Waals surface area contributed by atoms with Crippen LogP contribution in [0.3, 0.4) is 0 Å². The largest absolute Gasteiger partial charge is 0.347 e. The van der Waals surface area contributed by atoms with E-state index in [1.807, 2.05) is 12.4 Å². The monoisotopic (exact) mass is 269 g/mol. The van der Waals surface area contributed by atoms with E-state index >= 15 is 0 Å². The third-order valence-corrected chi connectivity index (χ3v) is 4.31. The van der Waals surface area contributed by atoms with Crippen molar-refractivity contribution < 1.29 is 0 Å². The van der Waals surface area contributed by atoms with Gasteiger partial charge in [-0.1, -0.05) is 31.2 Å². The fraction of sp³-hybridized carbons (Fsp3) is 0.471. The summed E-state index contributed by atoms with van der Waals surface area (Å²) in [5.74, 6) is 1.71. The molecule has 106 valence electrons. The average molecular weight is 269 g/mol. The minimum atomic E-state index is 0.325. The van der Waals surface area contributed by atoms with E-state index in [1.165, 1.54) is 19.3 Å². The van der Waals surface area contributed by atoms with E-state index in [0.717, 1.165) is 18.8 Å². The smallest absolute Gasteiger partial charge is 0.123 e. The van der Waals surface area contributed by atoms with Gasteiger partial charge in [-0.2, -0.15) is 0 Å². The molecule has 0 aliphatic heterocycles. The van der Waals surface area contributed by atoms with E-state index in [2.05, 4.69) is 46.5 Å². The van der Waals surface area contributed by atoms with Crippen molar-refractivity contribution in [3.8, 4) is 0 Å². The van der Waals surface area contributed by atoms with E-state index in [4.69, 9.17) is 0 Å². The number of aromatic nitrogens is 2. The molecule has 1 heterocycles. The number of nitrogens with one attached hydrogen (secondary N) is 2. The van der Waals surface area contributed by atoms with Crippen LogP contribution in [0.4, 0.5) is 0 Å². The maximum absolute atomic E-state index is 4.44. The van der Waals surface area contributed by atoms with Gasteiger partial charge in [0, 0.05) is 12.4 Å². The lowest BCUT2D eigenvalue weighted by atomic mass is 9.79. The zero-order valence-electron chi connectivity index (χ0n) is 12.1. The topological polar surface area (TPSA) is 40.7 Å². The Morgan fingerprint density at radius 3 is 3.10 bits per heavy atom. The van der Waals surface area contributed by atoms with E-state index < -0.39 is 0 Å². The first-order valence-corrected chi connectivity index (χ1v) is 7.69. The predicted octanol–water partition coefficient (Wildman–Crippen LogP) is 3.57. The average Bonchev–Trinajstić information content (AvgIpc) is 3.01. The molecule has 0 radical (unpaired) electrons. The predicted molar refractivity (Wildman–Crippen MR) is 81.7 cm³/mol. The molecular formula is C17H23N3. The number of hydrogen-bond donors (Lipinski definition) is 2. The van der Waals surface area contributed by atoms with Crippen molar-refractivity contribution in [2.45, 2.75) is 44.6 Å². The molecule has 2 aromatic rings. The molecule has 0 amide bonds. The second kappa shape index (κ2) is 6.23. The molecule has 2 atom stereocenters. The van der Waals surface area contributed by atoms with Crippen LogP contribution in [0.2, 0.25) is 0 Å². The molecule has 0 spiro atoms. The van der Waals surface area contributed by atoms with Crippen LogP contribution in [-0.4, -0.2) is 16.5 Å². The first-order valence-electron chi connectivity index (χ1n) is 7.69. The summed E-state index contributed by atoms with van der Waals surface area (Å²) in [6, 6.07) is 9.26. The lowest BCUT2D eigenvalue weighted by molar-refractivity contribution is 0.415. The van der Waals surface area contributed by atoms with Gasteiger partial charge in [0.1, 0.15) is 5.82 Å². The lowest BCUT2D eigenvalue weighted by Gasteiger charge is -2.28. The highest BCUT2D eigenvalue weighted by Gasteiger charge is 2.24. The van der Waals surface area contributed by atoms with Crippen LogP contribution < -0.4 is 5.32 Å². The molecule has 1 aliphatic carbocycles. The van der Waals surface area contributed by atoms with Gasteiger partial charge in [0.25, 0.3) is 0 Å². The number of fused-ring (bicyclic) bond motifs is 1. The van der Waals surface area contributed by atoms with Gasteiger partial charge < -0.3 is 10.3 Å². The third-order valence-electron chi connectivity index (χ3n) is 4.31. The lowest BCUT2D eigenvalue weighted by Crippen LogP contribution is -2.25. The van der Waals surface area contributed by atoms with Crippen LogP contribution in [0.5, 0.6) is 0 Å². The Morgan fingerprint density at radius 2 is 2.30 bits per heavy atom. The summed E-state index contributed by atoms with van der Waals surface area (Å²) in [7, 11) is 0. The van der Waals surface area contributed by atoms with Crippen LogP contribution >= 0.6 is 0 Å². The molecule has 1 aromatic carbocycles. The second-order valence-electron chi connectivity index (χ2n) is 5.61. The Morgan fingerprint density at radius 1 is 1.40 bits per heavy atom. The molecule has 2 unspecified atom stereocenters. The molecule has 0 fully saturated rings. The normalized spacial score (nSPS) is 19.6. The number of aromatic amines is 1. The first-order chi connectivity index (χ1) is 9.88. The van der Waals surface area contributed by atoms with Gasteiger partial charge in [0.05, 0.1) is 6.04 Å². The summed E-state index contributed by atoms with van der Waals surface area (Å²) in [6.45, 7) is 3.13. The molecule has 1 aliphatic rings. The van der Waals surface area contributed by atoms with Crippen molar-refractivity contribution >= 4 is 0 Å². The fourth-order valence-corrected chi connectivity index (χ4v) is 3.39. The number of benzene rings is 1. The van der Waals surface area contributed by atoms with E-state index in [9.17, 15) is 0 Å². The van der Waals surface area contributed by atoms with E-state index in [-0.39, 0.29) is 0 Å². The van der Waals surface area contributed by atoms with Gasteiger partial charge in [-0.15, -0.1) is 0 Å². The van der Waals surface area contributed by atoms with Crippen LogP contribution in [0.1, 0.15) is 55.1 Å². The zero-order chi connectivity index (χ0) is 13.8. The third kappa shape index (κ3) is 2.78. The quantitative estimate of drug-likeness (QED) is 0.871. The molecule has 3 heteroatoms. The van der Waals surface area contributed by atoms with Crippen molar-refractivity contribution in [1.29, 1.82) is 0 Å². The summed E-state index contributed by atoms with van der Waals surface area (Å²) < 4.78 is 0. The second-order valence-corrected chi connectivity index (χ2v) is 5.61. The molecule has 2 N–H and O–H groups in total. The van der Waals surface area contributed by atoms with Gasteiger partial charge >= 0.3 is 0 Å². The van der Waals surface area contributed by atoms with Crippen molar-refractivity contribution in [3.63, 3.8) is 0 Å². The summed E-state index contributed by atoms with van der Waals surface area (Å²) in [6.07, 6.45) is 8.71. The Balaban J connectivity index is 1.79. The molecule has 3 nitrogen and oxygen atoms in total. The zero-order valence-corrected chi connectivity index (χ0v) is 12.1. The van der Waals surface area contributed by atoms with E-state index in [1.54, 1.807) is 11.1 Å². The Hall–Kier alpha value is -1.61. The number of imidazole rings is 1.